The van der Waals surface area contributed by atoms with Gasteiger partial charge in [-0.3, -0.25) is 0 Å². The smallest absolute Gasteiger partial charge is 0.335 e. The number of aliphatic hydroxyl groups excluding tert-OH is 2. The highest BCUT2D eigenvalue weighted by atomic mass is 16.5. The first kappa shape index (κ1) is 20.4. The highest BCUT2D eigenvalue weighted by Gasteiger charge is 2.43. The largest absolute Gasteiger partial charge is 0.490 e. The van der Waals surface area contributed by atoms with E-state index in [1.165, 1.54) is 6.42 Å². The van der Waals surface area contributed by atoms with Crippen molar-refractivity contribution in [2.45, 2.75) is 70.2 Å². The third-order valence-corrected chi connectivity index (χ3v) is 7.13. The maximum Gasteiger partial charge on any atom is 0.335 e. The number of hydrogen-bond donors (Lipinski definition) is 3. The molecule has 2 unspecified atom stereocenters. The third-order valence-electron chi connectivity index (χ3n) is 7.13. The van der Waals surface area contributed by atoms with Crippen LogP contribution in [0.25, 0.3) is 0 Å². The molecule has 0 bridgehead atoms. The number of aryl methyl sites for hydroxylation is 1. The number of aliphatic hydroxyl groups is 2. The molecule has 5 heteroatoms. The van der Waals surface area contributed by atoms with Gasteiger partial charge in [0.05, 0.1) is 17.8 Å². The Kier molecular flexibility index (Phi) is 5.98. The Hall–Kier alpha value is -1.85. The standard InChI is InChI=1S/C24H32O5/c1-14-11-16(14)7-8-18(25)9-10-19-20-4-2-3-15-5-6-17(24(27)28)12-22(15)29-23(20)13-21(19)26/h5-6,9-10,12,14,16,18-21,23,25-26H,2-4,7-8,11,13H2,1H3,(H,27,28)/b10-9+/t14?,16?,18-,19+,20+,21+,23-/m0/s1. The van der Waals surface area contributed by atoms with Crippen LogP contribution in [0.2, 0.25) is 0 Å². The molecule has 2 aliphatic carbocycles. The normalized spacial score (nSPS) is 34.6. The van der Waals surface area contributed by atoms with Crippen LogP contribution in [0.5, 0.6) is 5.75 Å². The summed E-state index contributed by atoms with van der Waals surface area (Å²) in [4.78, 5) is 11.3. The summed E-state index contributed by atoms with van der Waals surface area (Å²) in [6, 6.07) is 5.08. The van der Waals surface area contributed by atoms with Gasteiger partial charge in [0.1, 0.15) is 11.9 Å². The van der Waals surface area contributed by atoms with Gasteiger partial charge in [-0.2, -0.15) is 0 Å². The molecule has 2 saturated carbocycles. The topological polar surface area (TPSA) is 87.0 Å². The van der Waals surface area contributed by atoms with Crippen LogP contribution in [0.4, 0.5) is 0 Å². The van der Waals surface area contributed by atoms with E-state index in [1.807, 2.05) is 18.2 Å². The molecule has 158 valence electrons. The van der Waals surface area contributed by atoms with Gasteiger partial charge in [0.2, 0.25) is 0 Å². The molecule has 0 radical (unpaired) electrons. The number of carbonyl (C=O) groups is 1. The van der Waals surface area contributed by atoms with Crippen molar-refractivity contribution < 1.29 is 24.9 Å². The minimum atomic E-state index is -0.961. The molecule has 1 aliphatic heterocycles. The zero-order valence-corrected chi connectivity index (χ0v) is 17.0. The van der Waals surface area contributed by atoms with Crippen molar-refractivity contribution in [3.8, 4) is 5.75 Å². The van der Waals surface area contributed by atoms with E-state index in [1.54, 1.807) is 12.1 Å². The van der Waals surface area contributed by atoms with Crippen LogP contribution >= 0.6 is 0 Å². The fourth-order valence-electron chi connectivity index (χ4n) is 5.12. The van der Waals surface area contributed by atoms with E-state index in [0.29, 0.717) is 12.2 Å². The third kappa shape index (κ3) is 4.67. The summed E-state index contributed by atoms with van der Waals surface area (Å²) < 4.78 is 6.24. The molecular formula is C24H32O5. The summed E-state index contributed by atoms with van der Waals surface area (Å²) in [6.07, 6.45) is 9.20. The first-order chi connectivity index (χ1) is 13.9. The summed E-state index contributed by atoms with van der Waals surface area (Å²) >= 11 is 0. The van der Waals surface area contributed by atoms with E-state index < -0.39 is 18.2 Å². The molecule has 7 atom stereocenters. The van der Waals surface area contributed by atoms with E-state index in [9.17, 15) is 20.1 Å². The lowest BCUT2D eigenvalue weighted by Crippen LogP contribution is -2.27. The SMILES string of the molecule is CC1CC1CC[C@H](O)/C=C/[C@@H]1[C@H]2CCCc3ccc(C(=O)O)cc3O[C@H]2C[C@H]1O. The lowest BCUT2D eigenvalue weighted by atomic mass is 9.86. The van der Waals surface area contributed by atoms with Crippen LogP contribution in [0.1, 0.15) is 61.4 Å². The number of benzene rings is 1. The molecule has 0 amide bonds. The van der Waals surface area contributed by atoms with Crippen molar-refractivity contribution in [1.82, 2.24) is 0 Å². The maximum absolute atomic E-state index is 11.3. The van der Waals surface area contributed by atoms with Gasteiger partial charge in [0.25, 0.3) is 0 Å². The van der Waals surface area contributed by atoms with Crippen molar-refractivity contribution in [2.75, 3.05) is 0 Å². The number of carboxylic acids is 1. The zero-order chi connectivity index (χ0) is 20.5. The highest BCUT2D eigenvalue weighted by molar-refractivity contribution is 5.88. The van der Waals surface area contributed by atoms with Crippen molar-refractivity contribution in [1.29, 1.82) is 0 Å². The van der Waals surface area contributed by atoms with E-state index in [0.717, 1.165) is 49.5 Å². The van der Waals surface area contributed by atoms with Crippen LogP contribution in [0.15, 0.2) is 30.4 Å². The molecule has 2 fully saturated rings. The lowest BCUT2D eigenvalue weighted by molar-refractivity contribution is 0.0695. The van der Waals surface area contributed by atoms with Gasteiger partial charge in [-0.05, 0) is 68.1 Å². The summed E-state index contributed by atoms with van der Waals surface area (Å²) in [5.41, 5.74) is 1.26. The van der Waals surface area contributed by atoms with E-state index >= 15 is 0 Å². The second-order valence-corrected chi connectivity index (χ2v) is 9.22. The number of fused-ring (bicyclic) bond motifs is 2. The van der Waals surface area contributed by atoms with Crippen LogP contribution in [-0.2, 0) is 6.42 Å². The Balaban J connectivity index is 1.43. The van der Waals surface area contributed by atoms with Crippen molar-refractivity contribution in [3.05, 3.63) is 41.5 Å². The minimum Gasteiger partial charge on any atom is -0.490 e. The molecule has 5 nitrogen and oxygen atoms in total. The molecule has 4 rings (SSSR count). The number of aromatic carboxylic acids is 1. The first-order valence-corrected chi connectivity index (χ1v) is 11.0. The Morgan fingerprint density at radius 1 is 1.34 bits per heavy atom. The van der Waals surface area contributed by atoms with Gasteiger partial charge in [-0.25, -0.2) is 4.79 Å². The molecule has 3 N–H and O–H groups in total. The second kappa shape index (κ2) is 8.49. The molecule has 3 aliphatic rings. The maximum atomic E-state index is 11.3. The summed E-state index contributed by atoms with van der Waals surface area (Å²) in [6.45, 7) is 2.26. The quantitative estimate of drug-likeness (QED) is 0.632. The minimum absolute atomic E-state index is 0.0290. The van der Waals surface area contributed by atoms with Crippen LogP contribution in [0.3, 0.4) is 0 Å². The number of hydrogen-bond acceptors (Lipinski definition) is 4. The van der Waals surface area contributed by atoms with Crippen LogP contribution in [-0.4, -0.2) is 39.6 Å². The van der Waals surface area contributed by atoms with Gasteiger partial charge in [0.15, 0.2) is 0 Å². The summed E-state index contributed by atoms with van der Waals surface area (Å²) in [5, 5.41) is 30.2. The average Bonchev–Trinajstić information content (AvgIpc) is 3.30. The van der Waals surface area contributed by atoms with E-state index in [-0.39, 0.29) is 23.5 Å². The Morgan fingerprint density at radius 2 is 2.14 bits per heavy atom. The molecule has 0 aromatic heterocycles. The molecular weight excluding hydrogens is 368 g/mol. The number of ether oxygens (including phenoxy) is 1. The van der Waals surface area contributed by atoms with E-state index in [4.69, 9.17) is 4.74 Å². The van der Waals surface area contributed by atoms with Crippen molar-refractivity contribution in [2.24, 2.45) is 23.7 Å². The van der Waals surface area contributed by atoms with Gasteiger partial charge >= 0.3 is 5.97 Å². The predicted molar refractivity (Wildman–Crippen MR) is 110 cm³/mol. The molecule has 29 heavy (non-hydrogen) atoms. The zero-order valence-electron chi connectivity index (χ0n) is 17.0. The molecule has 0 spiro atoms. The molecule has 1 heterocycles. The van der Waals surface area contributed by atoms with Crippen molar-refractivity contribution in [3.63, 3.8) is 0 Å². The van der Waals surface area contributed by atoms with Crippen molar-refractivity contribution >= 4 is 5.97 Å². The van der Waals surface area contributed by atoms with Gasteiger partial charge in [-0.15, -0.1) is 0 Å². The van der Waals surface area contributed by atoms with Gasteiger partial charge in [0, 0.05) is 18.3 Å². The van der Waals surface area contributed by atoms with Gasteiger partial charge in [-0.1, -0.05) is 25.1 Å². The number of carboxylic acid groups (broad SMARTS) is 1. The molecule has 1 aromatic rings. The average molecular weight is 401 g/mol. The second-order valence-electron chi connectivity index (χ2n) is 9.22. The molecule has 0 saturated heterocycles. The lowest BCUT2D eigenvalue weighted by Gasteiger charge is -2.28. The first-order valence-electron chi connectivity index (χ1n) is 11.0. The Labute approximate surface area is 172 Å². The predicted octanol–water partition coefficient (Wildman–Crippen LogP) is 3.82. The van der Waals surface area contributed by atoms with Crippen LogP contribution in [0, 0.1) is 23.7 Å². The van der Waals surface area contributed by atoms with E-state index in [2.05, 4.69) is 6.92 Å². The number of rotatable bonds is 6. The van der Waals surface area contributed by atoms with Gasteiger partial charge < -0.3 is 20.1 Å². The summed E-state index contributed by atoms with van der Waals surface area (Å²) in [7, 11) is 0. The fraction of sp³-hybridized carbons (Fsp3) is 0.625. The Bertz CT molecular complexity index is 773. The molecule has 1 aromatic carbocycles. The Morgan fingerprint density at radius 3 is 2.86 bits per heavy atom. The summed E-state index contributed by atoms with van der Waals surface area (Å²) in [5.74, 6) is 1.40. The highest BCUT2D eigenvalue weighted by Crippen LogP contribution is 2.43. The fourth-order valence-corrected chi connectivity index (χ4v) is 5.12. The van der Waals surface area contributed by atoms with Crippen LogP contribution < -0.4 is 4.74 Å². The monoisotopic (exact) mass is 400 g/mol.